The zero-order valence-corrected chi connectivity index (χ0v) is 19.9. The standard InChI is InChI=1S/C27H31N3O4/c1-19-6-7-20(2)22(12-19)15-29(14-21-8-9-24-25(13-21)34-18-33-24)16-26-28-23(17-32-26)27(31)30-10-4-3-5-11-30/h6-9,12-13,17H,3-5,10-11,14-16,18H2,1-2H3. The molecule has 1 saturated heterocycles. The normalized spacial score (nSPS) is 15.2. The Labute approximate surface area is 200 Å². The molecule has 178 valence electrons. The van der Waals surface area contributed by atoms with Gasteiger partial charge in [-0.1, -0.05) is 29.8 Å². The van der Waals surface area contributed by atoms with Crippen LogP contribution < -0.4 is 9.47 Å². The van der Waals surface area contributed by atoms with E-state index in [2.05, 4.69) is 48.0 Å². The number of oxazole rings is 1. The van der Waals surface area contributed by atoms with Crippen molar-refractivity contribution in [3.8, 4) is 11.5 Å². The highest BCUT2D eigenvalue weighted by molar-refractivity contribution is 5.92. The number of carbonyl (C=O) groups excluding carboxylic acids is 1. The van der Waals surface area contributed by atoms with Crippen LogP contribution in [0.2, 0.25) is 0 Å². The SMILES string of the molecule is Cc1ccc(C)c(CN(Cc2ccc3c(c2)OCO3)Cc2nc(C(=O)N3CCCCC3)co2)c1. The third kappa shape index (κ3) is 5.09. The van der Waals surface area contributed by atoms with Crippen LogP contribution in [-0.4, -0.2) is 40.6 Å². The Morgan fingerprint density at radius 3 is 2.65 bits per heavy atom. The lowest BCUT2D eigenvalue weighted by atomic mass is 10.0. The van der Waals surface area contributed by atoms with Crippen LogP contribution in [0.25, 0.3) is 0 Å². The Bertz CT molecular complexity index is 1170. The summed E-state index contributed by atoms with van der Waals surface area (Å²) in [4.78, 5) is 21.6. The molecule has 0 spiro atoms. The molecule has 0 aliphatic carbocycles. The number of carbonyl (C=O) groups is 1. The van der Waals surface area contributed by atoms with Crippen LogP contribution >= 0.6 is 0 Å². The number of likely N-dealkylation sites (tertiary alicyclic amines) is 1. The minimum Gasteiger partial charge on any atom is -0.454 e. The van der Waals surface area contributed by atoms with E-state index in [1.165, 1.54) is 29.4 Å². The monoisotopic (exact) mass is 461 g/mol. The number of aromatic nitrogens is 1. The first-order valence-corrected chi connectivity index (χ1v) is 12.0. The molecule has 2 aliphatic rings. The average Bonchev–Trinajstić information content (AvgIpc) is 3.51. The fraction of sp³-hybridized carbons (Fsp3) is 0.407. The van der Waals surface area contributed by atoms with Crippen LogP contribution in [0, 0.1) is 13.8 Å². The lowest BCUT2D eigenvalue weighted by Gasteiger charge is -2.25. The number of aryl methyl sites for hydroxylation is 2. The molecule has 1 amide bonds. The molecule has 0 saturated carbocycles. The van der Waals surface area contributed by atoms with Gasteiger partial charge in [-0.25, -0.2) is 4.98 Å². The summed E-state index contributed by atoms with van der Waals surface area (Å²) in [7, 11) is 0. The Kier molecular flexibility index (Phi) is 6.54. The van der Waals surface area contributed by atoms with E-state index in [0.29, 0.717) is 24.7 Å². The first-order valence-electron chi connectivity index (χ1n) is 12.0. The van der Waals surface area contributed by atoms with E-state index < -0.39 is 0 Å². The van der Waals surface area contributed by atoms with Gasteiger partial charge in [-0.15, -0.1) is 0 Å². The number of ether oxygens (including phenoxy) is 2. The molecule has 0 atom stereocenters. The largest absolute Gasteiger partial charge is 0.454 e. The lowest BCUT2D eigenvalue weighted by molar-refractivity contribution is 0.0718. The zero-order valence-electron chi connectivity index (χ0n) is 19.9. The van der Waals surface area contributed by atoms with E-state index in [4.69, 9.17) is 13.9 Å². The Morgan fingerprint density at radius 2 is 1.79 bits per heavy atom. The Hall–Kier alpha value is -3.32. The molecule has 2 aliphatic heterocycles. The molecule has 3 aromatic rings. The van der Waals surface area contributed by atoms with Gasteiger partial charge in [0.1, 0.15) is 6.26 Å². The molecule has 0 N–H and O–H groups in total. The maximum absolute atomic E-state index is 12.8. The quantitative estimate of drug-likeness (QED) is 0.501. The second kappa shape index (κ2) is 9.89. The summed E-state index contributed by atoms with van der Waals surface area (Å²) in [5, 5.41) is 0. The molecule has 1 fully saturated rings. The van der Waals surface area contributed by atoms with E-state index in [1.807, 2.05) is 17.0 Å². The highest BCUT2D eigenvalue weighted by Gasteiger charge is 2.23. The van der Waals surface area contributed by atoms with Gasteiger partial charge < -0.3 is 18.8 Å². The van der Waals surface area contributed by atoms with Crippen molar-refractivity contribution in [2.24, 2.45) is 0 Å². The molecular formula is C27H31N3O4. The van der Waals surface area contributed by atoms with E-state index >= 15 is 0 Å². The molecule has 2 aromatic carbocycles. The lowest BCUT2D eigenvalue weighted by Crippen LogP contribution is -2.35. The Morgan fingerprint density at radius 1 is 0.971 bits per heavy atom. The molecule has 1 aromatic heterocycles. The highest BCUT2D eigenvalue weighted by atomic mass is 16.7. The number of piperidine rings is 1. The molecule has 0 bridgehead atoms. The summed E-state index contributed by atoms with van der Waals surface area (Å²) in [5.74, 6) is 2.06. The second-order valence-electron chi connectivity index (χ2n) is 9.24. The molecule has 5 rings (SSSR count). The third-order valence-corrected chi connectivity index (χ3v) is 6.51. The molecule has 0 radical (unpaired) electrons. The number of benzene rings is 2. The summed E-state index contributed by atoms with van der Waals surface area (Å²) in [5.41, 5.74) is 5.25. The van der Waals surface area contributed by atoms with Gasteiger partial charge in [0.2, 0.25) is 12.7 Å². The zero-order chi connectivity index (χ0) is 23.5. The van der Waals surface area contributed by atoms with E-state index in [-0.39, 0.29) is 12.7 Å². The van der Waals surface area contributed by atoms with Gasteiger partial charge in [0.05, 0.1) is 6.54 Å². The van der Waals surface area contributed by atoms with Crippen LogP contribution in [0.5, 0.6) is 11.5 Å². The van der Waals surface area contributed by atoms with Crippen LogP contribution in [0.1, 0.15) is 57.9 Å². The van der Waals surface area contributed by atoms with Crippen LogP contribution in [-0.2, 0) is 19.6 Å². The highest BCUT2D eigenvalue weighted by Crippen LogP contribution is 2.33. The Balaban J connectivity index is 1.35. The van der Waals surface area contributed by atoms with Crippen molar-refractivity contribution in [2.75, 3.05) is 19.9 Å². The minimum atomic E-state index is -0.0356. The number of hydrogen-bond donors (Lipinski definition) is 0. The van der Waals surface area contributed by atoms with Gasteiger partial charge in [-0.2, -0.15) is 0 Å². The van der Waals surface area contributed by atoms with Crippen molar-refractivity contribution in [1.29, 1.82) is 0 Å². The van der Waals surface area contributed by atoms with Gasteiger partial charge in [-0.05, 0) is 61.9 Å². The minimum absolute atomic E-state index is 0.0356. The number of amides is 1. The second-order valence-corrected chi connectivity index (χ2v) is 9.24. The van der Waals surface area contributed by atoms with Gasteiger partial charge in [0.15, 0.2) is 17.2 Å². The molecule has 7 heteroatoms. The summed E-state index contributed by atoms with van der Waals surface area (Å²) in [6, 6.07) is 12.6. The smallest absolute Gasteiger partial charge is 0.275 e. The maximum atomic E-state index is 12.8. The summed E-state index contributed by atoms with van der Waals surface area (Å²) in [6.07, 6.45) is 4.79. The fourth-order valence-corrected chi connectivity index (χ4v) is 4.61. The van der Waals surface area contributed by atoms with Gasteiger partial charge in [-0.3, -0.25) is 9.69 Å². The van der Waals surface area contributed by atoms with Crippen molar-refractivity contribution in [3.63, 3.8) is 0 Å². The predicted molar refractivity (Wildman–Crippen MR) is 128 cm³/mol. The van der Waals surface area contributed by atoms with Crippen molar-refractivity contribution in [2.45, 2.75) is 52.7 Å². The van der Waals surface area contributed by atoms with Gasteiger partial charge >= 0.3 is 0 Å². The first kappa shape index (κ1) is 22.5. The third-order valence-electron chi connectivity index (χ3n) is 6.51. The summed E-state index contributed by atoms with van der Waals surface area (Å²) < 4.78 is 16.8. The van der Waals surface area contributed by atoms with E-state index in [9.17, 15) is 4.79 Å². The molecule has 7 nitrogen and oxygen atoms in total. The molecule has 3 heterocycles. The fourth-order valence-electron chi connectivity index (χ4n) is 4.61. The van der Waals surface area contributed by atoms with Crippen LogP contribution in [0.3, 0.4) is 0 Å². The van der Waals surface area contributed by atoms with Crippen molar-refractivity contribution < 1.29 is 18.7 Å². The van der Waals surface area contributed by atoms with Gasteiger partial charge in [0, 0.05) is 26.2 Å². The van der Waals surface area contributed by atoms with Crippen molar-refractivity contribution in [1.82, 2.24) is 14.8 Å². The molecule has 0 unspecified atom stereocenters. The predicted octanol–water partition coefficient (Wildman–Crippen LogP) is 4.85. The van der Waals surface area contributed by atoms with Crippen molar-refractivity contribution >= 4 is 5.91 Å². The van der Waals surface area contributed by atoms with Crippen molar-refractivity contribution in [3.05, 3.63) is 76.5 Å². The summed E-state index contributed by atoms with van der Waals surface area (Å²) >= 11 is 0. The van der Waals surface area contributed by atoms with E-state index in [1.54, 1.807) is 0 Å². The first-order chi connectivity index (χ1) is 16.5. The van der Waals surface area contributed by atoms with Crippen LogP contribution in [0.4, 0.5) is 0 Å². The topological polar surface area (TPSA) is 68.0 Å². The molecular weight excluding hydrogens is 430 g/mol. The number of hydrogen-bond acceptors (Lipinski definition) is 6. The molecule has 34 heavy (non-hydrogen) atoms. The van der Waals surface area contributed by atoms with Crippen LogP contribution in [0.15, 0.2) is 47.1 Å². The number of fused-ring (bicyclic) bond motifs is 1. The maximum Gasteiger partial charge on any atom is 0.275 e. The average molecular weight is 462 g/mol. The van der Waals surface area contributed by atoms with E-state index in [0.717, 1.165) is 49.5 Å². The summed E-state index contributed by atoms with van der Waals surface area (Å²) in [6.45, 7) is 8.01. The number of rotatable bonds is 7. The number of nitrogens with zero attached hydrogens (tertiary/aromatic N) is 3. The van der Waals surface area contributed by atoms with Gasteiger partial charge in [0.25, 0.3) is 5.91 Å².